The molecule has 3 aromatic heterocycles. The van der Waals surface area contributed by atoms with Crippen molar-refractivity contribution in [2.45, 2.75) is 0 Å². The fraction of sp³-hybridized carbons (Fsp3) is 0.231. The number of anilines is 1. The summed E-state index contributed by atoms with van der Waals surface area (Å²) < 4.78 is 9.03. The van der Waals surface area contributed by atoms with E-state index >= 15 is 0 Å². The number of hydrogen-bond donors (Lipinski definition) is 1. The molecule has 0 aliphatic rings. The number of hydrogen-bond acceptors (Lipinski definition) is 6. The summed E-state index contributed by atoms with van der Waals surface area (Å²) in [5.41, 5.74) is 2.51. The van der Waals surface area contributed by atoms with Crippen molar-refractivity contribution in [3.63, 3.8) is 0 Å². The van der Waals surface area contributed by atoms with Crippen LogP contribution < -0.4 is 16.7 Å². The third-order valence-electron chi connectivity index (χ3n) is 3.38. The zero-order valence-electron chi connectivity index (χ0n) is 12.3. The number of aromatic nitrogens is 4. The van der Waals surface area contributed by atoms with E-state index in [1.54, 1.807) is 30.8 Å². The van der Waals surface area contributed by atoms with Gasteiger partial charge in [0, 0.05) is 21.1 Å². The molecule has 0 atom stereocenters. The fourth-order valence-corrected chi connectivity index (χ4v) is 2.14. The van der Waals surface area contributed by atoms with Crippen LogP contribution in [0, 0.1) is 0 Å². The monoisotopic (exact) mass is 302 g/mol. The van der Waals surface area contributed by atoms with Gasteiger partial charge in [-0.3, -0.25) is 13.9 Å². The van der Waals surface area contributed by atoms with Crippen molar-refractivity contribution in [1.29, 1.82) is 0 Å². The normalized spacial score (nSPS) is 11.6. The fourth-order valence-electron chi connectivity index (χ4n) is 2.14. The highest BCUT2D eigenvalue weighted by atomic mass is 16.3. The minimum atomic E-state index is -0.429. The Morgan fingerprint density at radius 1 is 1.23 bits per heavy atom. The number of nitrogens with one attached hydrogen (secondary N) is 1. The number of hydrazone groups is 1. The van der Waals surface area contributed by atoms with Crippen molar-refractivity contribution >= 4 is 23.3 Å². The van der Waals surface area contributed by atoms with Gasteiger partial charge in [0.2, 0.25) is 5.95 Å². The maximum atomic E-state index is 12.2. The lowest BCUT2D eigenvalue weighted by Gasteiger charge is -2.03. The molecule has 22 heavy (non-hydrogen) atoms. The third kappa shape index (κ3) is 2.03. The summed E-state index contributed by atoms with van der Waals surface area (Å²) in [6, 6.07) is 3.50. The Labute approximate surface area is 124 Å². The number of furan rings is 1. The van der Waals surface area contributed by atoms with E-state index in [0.717, 1.165) is 4.57 Å². The number of nitrogens with zero attached hydrogens (tertiary/aromatic N) is 5. The van der Waals surface area contributed by atoms with E-state index in [-0.39, 0.29) is 0 Å². The van der Waals surface area contributed by atoms with Crippen LogP contribution in [0.4, 0.5) is 5.95 Å². The van der Waals surface area contributed by atoms with Gasteiger partial charge in [0.15, 0.2) is 11.2 Å². The predicted octanol–water partition coefficient (Wildman–Crippen LogP) is 0.00970. The molecule has 9 nitrogen and oxygen atoms in total. The van der Waals surface area contributed by atoms with Gasteiger partial charge in [-0.25, -0.2) is 10.2 Å². The first-order chi connectivity index (χ1) is 10.5. The molecule has 0 spiro atoms. The number of imidazole rings is 1. The molecule has 0 fully saturated rings. The molecular weight excluding hydrogens is 288 g/mol. The topological polar surface area (TPSA) is 99.3 Å². The molecule has 0 saturated heterocycles. The lowest BCUT2D eigenvalue weighted by molar-refractivity contribution is 0.560. The SMILES string of the molecule is Cn1c(=O)c2c(nc(N/N=C\c3ccco3)n2C)n(C)c1=O. The Bertz CT molecular complexity index is 974. The molecule has 0 aliphatic carbocycles. The summed E-state index contributed by atoms with van der Waals surface area (Å²) in [5.74, 6) is 0.922. The Morgan fingerprint density at radius 2 is 2.00 bits per heavy atom. The van der Waals surface area contributed by atoms with Crippen molar-refractivity contribution in [2.75, 3.05) is 5.43 Å². The summed E-state index contributed by atoms with van der Waals surface area (Å²) in [4.78, 5) is 28.4. The standard InChI is InChI=1S/C13H14N6O3/c1-17-9-10(18(2)13(21)19(3)11(9)20)15-12(17)16-14-7-8-5-4-6-22-8/h4-7H,1-3H3,(H,15,16)/b14-7-. The van der Waals surface area contributed by atoms with Crippen LogP contribution in [0.2, 0.25) is 0 Å². The minimum absolute atomic E-state index is 0.297. The molecule has 3 heterocycles. The second-order valence-electron chi connectivity index (χ2n) is 4.76. The second-order valence-corrected chi connectivity index (χ2v) is 4.76. The molecule has 3 rings (SSSR count). The highest BCUT2D eigenvalue weighted by molar-refractivity contribution is 5.77. The quantitative estimate of drug-likeness (QED) is 0.542. The molecule has 0 radical (unpaired) electrons. The summed E-state index contributed by atoms with van der Waals surface area (Å²) in [5, 5.41) is 4.00. The highest BCUT2D eigenvalue weighted by Crippen LogP contribution is 2.12. The van der Waals surface area contributed by atoms with Crippen LogP contribution in [0.3, 0.4) is 0 Å². The molecule has 114 valence electrons. The van der Waals surface area contributed by atoms with Crippen LogP contribution >= 0.6 is 0 Å². The van der Waals surface area contributed by atoms with Gasteiger partial charge in [0.25, 0.3) is 5.56 Å². The summed E-state index contributed by atoms with van der Waals surface area (Å²) in [6.07, 6.45) is 3.02. The van der Waals surface area contributed by atoms with Crippen molar-refractivity contribution in [2.24, 2.45) is 26.2 Å². The Morgan fingerprint density at radius 3 is 2.68 bits per heavy atom. The summed E-state index contributed by atoms with van der Waals surface area (Å²) in [6.45, 7) is 0. The molecular formula is C13H14N6O3. The lowest BCUT2D eigenvalue weighted by Crippen LogP contribution is -2.37. The lowest BCUT2D eigenvalue weighted by atomic mass is 10.5. The van der Waals surface area contributed by atoms with E-state index in [1.807, 2.05) is 0 Å². The average molecular weight is 302 g/mol. The average Bonchev–Trinajstić information content (AvgIpc) is 3.12. The van der Waals surface area contributed by atoms with Gasteiger partial charge in [-0.05, 0) is 12.1 Å². The van der Waals surface area contributed by atoms with Gasteiger partial charge in [-0.2, -0.15) is 10.1 Å². The van der Waals surface area contributed by atoms with Crippen molar-refractivity contribution in [1.82, 2.24) is 18.7 Å². The van der Waals surface area contributed by atoms with Gasteiger partial charge in [0.1, 0.15) is 5.76 Å². The van der Waals surface area contributed by atoms with Crippen LogP contribution in [-0.2, 0) is 21.1 Å². The molecule has 0 aromatic carbocycles. The number of rotatable bonds is 3. The van der Waals surface area contributed by atoms with E-state index in [0.29, 0.717) is 22.9 Å². The first-order valence-corrected chi connectivity index (χ1v) is 6.45. The third-order valence-corrected chi connectivity index (χ3v) is 3.38. The molecule has 0 saturated carbocycles. The van der Waals surface area contributed by atoms with Gasteiger partial charge < -0.3 is 8.98 Å². The van der Waals surface area contributed by atoms with Crippen molar-refractivity contribution in [3.8, 4) is 0 Å². The Hall–Kier alpha value is -3.10. The van der Waals surface area contributed by atoms with Crippen molar-refractivity contribution in [3.05, 3.63) is 45.0 Å². The van der Waals surface area contributed by atoms with Gasteiger partial charge in [-0.15, -0.1) is 0 Å². The first-order valence-electron chi connectivity index (χ1n) is 6.45. The Balaban J connectivity index is 2.07. The summed E-state index contributed by atoms with van der Waals surface area (Å²) >= 11 is 0. The number of fused-ring (bicyclic) bond motifs is 1. The molecule has 0 amide bonds. The molecule has 0 bridgehead atoms. The molecule has 0 unspecified atom stereocenters. The second kappa shape index (κ2) is 5.02. The maximum Gasteiger partial charge on any atom is 0.332 e. The van der Waals surface area contributed by atoms with Crippen LogP contribution in [0.15, 0.2) is 37.5 Å². The summed E-state index contributed by atoms with van der Waals surface area (Å²) in [7, 11) is 4.66. The predicted molar refractivity (Wildman–Crippen MR) is 81.1 cm³/mol. The smallest absolute Gasteiger partial charge is 0.332 e. The van der Waals surface area contributed by atoms with Crippen LogP contribution in [0.5, 0.6) is 0 Å². The number of aryl methyl sites for hydroxylation is 2. The van der Waals surface area contributed by atoms with Gasteiger partial charge >= 0.3 is 5.69 Å². The first kappa shape index (κ1) is 13.9. The van der Waals surface area contributed by atoms with E-state index in [4.69, 9.17) is 4.42 Å². The largest absolute Gasteiger partial charge is 0.463 e. The molecule has 9 heteroatoms. The van der Waals surface area contributed by atoms with Crippen LogP contribution in [0.25, 0.3) is 11.2 Å². The molecule has 3 aromatic rings. The van der Waals surface area contributed by atoms with Crippen LogP contribution in [0.1, 0.15) is 5.76 Å². The van der Waals surface area contributed by atoms with Gasteiger partial charge in [0.05, 0.1) is 12.5 Å². The molecule has 1 N–H and O–H groups in total. The van der Waals surface area contributed by atoms with E-state index in [9.17, 15) is 9.59 Å². The van der Waals surface area contributed by atoms with E-state index in [2.05, 4.69) is 15.5 Å². The van der Waals surface area contributed by atoms with Crippen molar-refractivity contribution < 1.29 is 4.42 Å². The molecule has 0 aliphatic heterocycles. The van der Waals surface area contributed by atoms with Crippen LogP contribution in [-0.4, -0.2) is 24.9 Å². The highest BCUT2D eigenvalue weighted by Gasteiger charge is 2.16. The zero-order chi connectivity index (χ0) is 15.9. The minimum Gasteiger partial charge on any atom is -0.463 e. The Kier molecular flexibility index (Phi) is 3.17. The van der Waals surface area contributed by atoms with Gasteiger partial charge in [-0.1, -0.05) is 0 Å². The van der Waals surface area contributed by atoms with E-state index < -0.39 is 11.2 Å². The van der Waals surface area contributed by atoms with E-state index in [1.165, 1.54) is 24.1 Å². The zero-order valence-corrected chi connectivity index (χ0v) is 12.3. The maximum absolute atomic E-state index is 12.2.